The van der Waals surface area contributed by atoms with Gasteiger partial charge in [-0.3, -0.25) is 9.59 Å². The zero-order chi connectivity index (χ0) is 22.7. The Morgan fingerprint density at radius 3 is 2.50 bits per heavy atom. The molecular formula is C26H30N2O4. The Morgan fingerprint density at radius 1 is 1.03 bits per heavy atom. The summed E-state index contributed by atoms with van der Waals surface area (Å²) in [6, 6.07) is 14.4. The second kappa shape index (κ2) is 9.57. The highest BCUT2D eigenvalue weighted by molar-refractivity contribution is 5.99. The molecule has 0 unspecified atom stereocenters. The maximum atomic E-state index is 13.4. The lowest BCUT2D eigenvalue weighted by Gasteiger charge is -2.26. The number of carbonyl (C=O) groups excluding carboxylic acids is 1. The number of fused-ring (bicyclic) bond motifs is 2. The van der Waals surface area contributed by atoms with Crippen molar-refractivity contribution in [1.82, 2.24) is 9.80 Å². The molecule has 4 rings (SSSR count). The maximum Gasteiger partial charge on any atom is 0.290 e. The highest BCUT2D eigenvalue weighted by atomic mass is 16.5. The van der Waals surface area contributed by atoms with Crippen molar-refractivity contribution in [3.8, 4) is 5.75 Å². The predicted molar refractivity (Wildman–Crippen MR) is 125 cm³/mol. The Hall–Kier alpha value is -3.12. The fourth-order valence-corrected chi connectivity index (χ4v) is 4.18. The molecule has 0 fully saturated rings. The minimum atomic E-state index is -0.467. The fraction of sp³-hybridized carbons (Fsp3) is 0.385. The lowest BCUT2D eigenvalue weighted by Crippen LogP contribution is -2.32. The van der Waals surface area contributed by atoms with Crippen LogP contribution in [0.15, 0.2) is 57.7 Å². The van der Waals surface area contributed by atoms with Crippen LogP contribution in [0.5, 0.6) is 5.75 Å². The number of hydrogen-bond acceptors (Lipinski definition) is 5. The SMILES string of the molecule is CCCCOc1ccc([C@H]2c3c(oc4ccccc4c3=O)C(=O)N2CCCN(C)C)cc1. The fourth-order valence-electron chi connectivity index (χ4n) is 4.18. The third-order valence-electron chi connectivity index (χ3n) is 5.84. The van der Waals surface area contributed by atoms with Gasteiger partial charge in [-0.1, -0.05) is 37.6 Å². The Balaban J connectivity index is 1.74. The lowest BCUT2D eigenvalue weighted by atomic mass is 9.98. The van der Waals surface area contributed by atoms with Crippen LogP contribution in [0.2, 0.25) is 0 Å². The molecule has 32 heavy (non-hydrogen) atoms. The number of benzene rings is 2. The first kappa shape index (κ1) is 22.1. The van der Waals surface area contributed by atoms with Gasteiger partial charge >= 0.3 is 0 Å². The molecular weight excluding hydrogens is 404 g/mol. The molecule has 3 aromatic rings. The molecule has 168 valence electrons. The van der Waals surface area contributed by atoms with E-state index in [1.54, 1.807) is 23.1 Å². The monoisotopic (exact) mass is 434 g/mol. The van der Waals surface area contributed by atoms with Crippen LogP contribution in [0.4, 0.5) is 0 Å². The van der Waals surface area contributed by atoms with E-state index in [1.165, 1.54) is 0 Å². The van der Waals surface area contributed by atoms with Crippen molar-refractivity contribution in [3.05, 3.63) is 75.6 Å². The van der Waals surface area contributed by atoms with Crippen LogP contribution < -0.4 is 10.2 Å². The van der Waals surface area contributed by atoms with Crippen molar-refractivity contribution in [2.24, 2.45) is 0 Å². The van der Waals surface area contributed by atoms with E-state index in [4.69, 9.17) is 9.15 Å². The van der Waals surface area contributed by atoms with E-state index in [-0.39, 0.29) is 17.1 Å². The number of rotatable bonds is 9. The van der Waals surface area contributed by atoms with Gasteiger partial charge in [0.25, 0.3) is 5.91 Å². The molecule has 6 heteroatoms. The largest absolute Gasteiger partial charge is 0.494 e. The van der Waals surface area contributed by atoms with Gasteiger partial charge in [-0.2, -0.15) is 0 Å². The highest BCUT2D eigenvalue weighted by Gasteiger charge is 2.42. The molecule has 1 amide bonds. The van der Waals surface area contributed by atoms with Crippen LogP contribution >= 0.6 is 0 Å². The van der Waals surface area contributed by atoms with Crippen molar-refractivity contribution in [3.63, 3.8) is 0 Å². The number of hydrogen-bond donors (Lipinski definition) is 0. The van der Waals surface area contributed by atoms with Crippen LogP contribution in [-0.2, 0) is 0 Å². The molecule has 1 aliphatic heterocycles. The molecule has 1 atom stereocenters. The van der Waals surface area contributed by atoms with E-state index >= 15 is 0 Å². The minimum Gasteiger partial charge on any atom is -0.494 e. The summed E-state index contributed by atoms with van der Waals surface area (Å²) in [7, 11) is 4.01. The Kier molecular flexibility index (Phi) is 6.61. The minimum absolute atomic E-state index is 0.140. The molecule has 1 aliphatic rings. The number of ether oxygens (including phenoxy) is 1. The van der Waals surface area contributed by atoms with Gasteiger partial charge in [-0.05, 0) is 63.3 Å². The molecule has 0 saturated carbocycles. The van der Waals surface area contributed by atoms with Crippen molar-refractivity contribution >= 4 is 16.9 Å². The smallest absolute Gasteiger partial charge is 0.290 e. The van der Waals surface area contributed by atoms with Gasteiger partial charge in [-0.15, -0.1) is 0 Å². The third-order valence-corrected chi connectivity index (χ3v) is 5.84. The van der Waals surface area contributed by atoms with Gasteiger partial charge in [0.1, 0.15) is 11.3 Å². The molecule has 2 aromatic carbocycles. The quantitative estimate of drug-likeness (QED) is 0.465. The van der Waals surface area contributed by atoms with Gasteiger partial charge in [0.15, 0.2) is 5.43 Å². The Labute approximate surface area is 188 Å². The molecule has 0 saturated heterocycles. The second-order valence-corrected chi connectivity index (χ2v) is 8.50. The van der Waals surface area contributed by atoms with Gasteiger partial charge in [0.05, 0.1) is 23.6 Å². The van der Waals surface area contributed by atoms with Crippen LogP contribution in [0.25, 0.3) is 11.0 Å². The summed E-state index contributed by atoms with van der Waals surface area (Å²) in [5.41, 5.74) is 1.61. The molecule has 1 aromatic heterocycles. The van der Waals surface area contributed by atoms with Crippen LogP contribution in [0.1, 0.15) is 53.9 Å². The first-order valence-electron chi connectivity index (χ1n) is 11.3. The highest BCUT2D eigenvalue weighted by Crippen LogP contribution is 2.38. The van der Waals surface area contributed by atoms with E-state index < -0.39 is 6.04 Å². The van der Waals surface area contributed by atoms with Crippen molar-refractivity contribution in [1.29, 1.82) is 0 Å². The summed E-state index contributed by atoms with van der Waals surface area (Å²) in [5, 5.41) is 0.499. The number of para-hydroxylation sites is 1. The summed E-state index contributed by atoms with van der Waals surface area (Å²) in [6.07, 6.45) is 2.87. The number of unbranched alkanes of at least 4 members (excludes halogenated alkanes) is 1. The lowest BCUT2D eigenvalue weighted by molar-refractivity contribution is 0.0722. The summed E-state index contributed by atoms with van der Waals surface area (Å²) < 4.78 is 11.8. The molecule has 2 heterocycles. The van der Waals surface area contributed by atoms with E-state index in [1.807, 2.05) is 44.4 Å². The third kappa shape index (κ3) is 4.28. The summed E-state index contributed by atoms with van der Waals surface area (Å²) >= 11 is 0. The topological polar surface area (TPSA) is 63.0 Å². The summed E-state index contributed by atoms with van der Waals surface area (Å²) in [5.74, 6) is 0.721. The molecule has 0 radical (unpaired) electrons. The van der Waals surface area contributed by atoms with Gasteiger partial charge < -0.3 is 19.0 Å². The standard InChI is InChI=1S/C26H30N2O4/c1-4-5-17-31-19-13-11-18(12-14-19)23-22-24(29)20-9-6-7-10-21(20)32-25(22)26(30)28(23)16-8-15-27(2)3/h6-7,9-14,23H,4-5,8,15-17H2,1-3H3/t23-/m0/s1. The van der Waals surface area contributed by atoms with Crippen molar-refractivity contribution in [2.45, 2.75) is 32.2 Å². The van der Waals surface area contributed by atoms with Crippen LogP contribution in [0.3, 0.4) is 0 Å². The molecule has 0 N–H and O–H groups in total. The molecule has 0 aliphatic carbocycles. The van der Waals surface area contributed by atoms with Gasteiger partial charge in [0.2, 0.25) is 5.76 Å². The number of nitrogens with zero attached hydrogens (tertiary/aromatic N) is 2. The molecule has 0 spiro atoms. The van der Waals surface area contributed by atoms with E-state index in [0.29, 0.717) is 29.7 Å². The summed E-state index contributed by atoms with van der Waals surface area (Å²) in [6.45, 7) is 4.19. The summed E-state index contributed by atoms with van der Waals surface area (Å²) in [4.78, 5) is 30.7. The average molecular weight is 435 g/mol. The first-order valence-corrected chi connectivity index (χ1v) is 11.3. The first-order chi connectivity index (χ1) is 15.5. The zero-order valence-corrected chi connectivity index (χ0v) is 19.0. The van der Waals surface area contributed by atoms with Crippen LogP contribution in [-0.4, -0.2) is 49.5 Å². The number of carbonyl (C=O) groups is 1. The average Bonchev–Trinajstić information content (AvgIpc) is 3.06. The molecule has 6 nitrogen and oxygen atoms in total. The van der Waals surface area contributed by atoms with Crippen molar-refractivity contribution < 1.29 is 13.9 Å². The Morgan fingerprint density at radius 2 is 1.78 bits per heavy atom. The molecule has 0 bridgehead atoms. The zero-order valence-electron chi connectivity index (χ0n) is 19.0. The van der Waals surface area contributed by atoms with Crippen molar-refractivity contribution in [2.75, 3.05) is 33.8 Å². The van der Waals surface area contributed by atoms with E-state index in [0.717, 1.165) is 37.1 Å². The van der Waals surface area contributed by atoms with E-state index in [9.17, 15) is 9.59 Å². The van der Waals surface area contributed by atoms with Gasteiger partial charge in [-0.25, -0.2) is 0 Å². The number of amides is 1. The van der Waals surface area contributed by atoms with Crippen LogP contribution in [0, 0.1) is 0 Å². The normalized spacial score (nSPS) is 15.6. The second-order valence-electron chi connectivity index (χ2n) is 8.50. The van der Waals surface area contributed by atoms with Gasteiger partial charge in [0, 0.05) is 6.54 Å². The van der Waals surface area contributed by atoms with E-state index in [2.05, 4.69) is 11.8 Å². The Bertz CT molecular complexity index is 1150. The maximum absolute atomic E-state index is 13.4. The predicted octanol–water partition coefficient (Wildman–Crippen LogP) is 4.47.